The van der Waals surface area contributed by atoms with Crippen LogP contribution in [0.4, 0.5) is 0 Å². The summed E-state index contributed by atoms with van der Waals surface area (Å²) in [4.78, 5) is 26.8. The van der Waals surface area contributed by atoms with E-state index in [1.165, 1.54) is 5.56 Å². The molecule has 0 saturated carbocycles. The standard InChI is InChI=1S/C20H22N4O2/c1-12-13(2)22-17-5-4-15(10-16(12)17)20(25)24-8-9-26-19(11-24)18-6-7-21-14(3)23-18/h4-7,10,19,22H,8-9,11H2,1-3H3. The lowest BCUT2D eigenvalue weighted by molar-refractivity contribution is -0.0248. The molecule has 26 heavy (non-hydrogen) atoms. The van der Waals surface area contributed by atoms with Crippen molar-refractivity contribution in [3.8, 4) is 0 Å². The number of benzene rings is 1. The van der Waals surface area contributed by atoms with Gasteiger partial charge in [-0.2, -0.15) is 0 Å². The third-order valence-electron chi connectivity index (χ3n) is 5.04. The molecule has 0 aliphatic carbocycles. The SMILES string of the molecule is Cc1nccc(C2CN(C(=O)c3ccc4[nH]c(C)c(C)c4c3)CCO2)n1. The van der Waals surface area contributed by atoms with Crippen molar-refractivity contribution in [2.24, 2.45) is 0 Å². The van der Waals surface area contributed by atoms with Gasteiger partial charge in [-0.1, -0.05) is 0 Å². The van der Waals surface area contributed by atoms with Crippen LogP contribution in [0.5, 0.6) is 0 Å². The van der Waals surface area contributed by atoms with E-state index in [-0.39, 0.29) is 12.0 Å². The van der Waals surface area contributed by atoms with Gasteiger partial charge >= 0.3 is 0 Å². The first kappa shape index (κ1) is 16.7. The Kier molecular flexibility index (Phi) is 4.20. The number of nitrogens with zero attached hydrogens (tertiary/aromatic N) is 3. The zero-order valence-corrected chi connectivity index (χ0v) is 15.2. The van der Waals surface area contributed by atoms with E-state index in [9.17, 15) is 4.79 Å². The molecule has 0 bridgehead atoms. The van der Waals surface area contributed by atoms with Gasteiger partial charge in [0.1, 0.15) is 11.9 Å². The first-order chi connectivity index (χ1) is 12.5. The van der Waals surface area contributed by atoms with Crippen LogP contribution in [-0.4, -0.2) is 45.5 Å². The molecule has 1 unspecified atom stereocenters. The fourth-order valence-electron chi connectivity index (χ4n) is 3.44. The zero-order chi connectivity index (χ0) is 18.3. The fraction of sp³-hybridized carbons (Fsp3) is 0.350. The molecule has 3 aromatic rings. The number of ether oxygens (including phenoxy) is 1. The van der Waals surface area contributed by atoms with Gasteiger partial charge in [-0.05, 0) is 50.6 Å². The van der Waals surface area contributed by atoms with Gasteiger partial charge < -0.3 is 14.6 Å². The zero-order valence-electron chi connectivity index (χ0n) is 15.2. The van der Waals surface area contributed by atoms with Crippen molar-refractivity contribution in [3.05, 3.63) is 58.8 Å². The predicted octanol–water partition coefficient (Wildman–Crippen LogP) is 3.10. The molecule has 1 aliphatic rings. The van der Waals surface area contributed by atoms with E-state index in [1.807, 2.05) is 43.0 Å². The maximum Gasteiger partial charge on any atom is 0.254 e. The van der Waals surface area contributed by atoms with Gasteiger partial charge in [-0.15, -0.1) is 0 Å². The van der Waals surface area contributed by atoms with Crippen molar-refractivity contribution >= 4 is 16.8 Å². The normalized spacial score (nSPS) is 17.7. The molecule has 1 aliphatic heterocycles. The number of hydrogen-bond acceptors (Lipinski definition) is 4. The Labute approximate surface area is 152 Å². The monoisotopic (exact) mass is 350 g/mol. The third kappa shape index (κ3) is 2.97. The van der Waals surface area contributed by atoms with Crippen molar-refractivity contribution in [1.29, 1.82) is 0 Å². The summed E-state index contributed by atoms with van der Waals surface area (Å²) in [6.07, 6.45) is 1.52. The molecule has 1 aromatic carbocycles. The molecule has 6 nitrogen and oxygen atoms in total. The predicted molar refractivity (Wildman–Crippen MR) is 99.1 cm³/mol. The van der Waals surface area contributed by atoms with E-state index in [4.69, 9.17) is 4.74 Å². The summed E-state index contributed by atoms with van der Waals surface area (Å²) in [5, 5.41) is 1.10. The first-order valence-corrected chi connectivity index (χ1v) is 8.82. The summed E-state index contributed by atoms with van der Waals surface area (Å²) in [6.45, 7) is 7.56. The second-order valence-electron chi connectivity index (χ2n) is 6.77. The molecule has 1 N–H and O–H groups in total. The van der Waals surface area contributed by atoms with Crippen LogP contribution >= 0.6 is 0 Å². The van der Waals surface area contributed by atoms with Crippen LogP contribution in [0.1, 0.15) is 39.2 Å². The Morgan fingerprint density at radius 1 is 1.27 bits per heavy atom. The van der Waals surface area contributed by atoms with Gasteiger partial charge in [0, 0.05) is 34.9 Å². The largest absolute Gasteiger partial charge is 0.368 e. The molecule has 0 radical (unpaired) electrons. The molecule has 1 saturated heterocycles. The van der Waals surface area contributed by atoms with Crippen molar-refractivity contribution in [3.63, 3.8) is 0 Å². The summed E-state index contributed by atoms with van der Waals surface area (Å²) in [7, 11) is 0. The van der Waals surface area contributed by atoms with Crippen molar-refractivity contribution in [2.45, 2.75) is 26.9 Å². The van der Waals surface area contributed by atoms with Gasteiger partial charge in [0.25, 0.3) is 5.91 Å². The second-order valence-corrected chi connectivity index (χ2v) is 6.77. The van der Waals surface area contributed by atoms with Gasteiger partial charge in [-0.3, -0.25) is 4.79 Å². The highest BCUT2D eigenvalue weighted by Gasteiger charge is 2.27. The van der Waals surface area contributed by atoms with Crippen LogP contribution in [-0.2, 0) is 4.74 Å². The Hall–Kier alpha value is -2.73. The molecule has 1 fully saturated rings. The lowest BCUT2D eigenvalue weighted by atomic mass is 10.1. The number of aromatic amines is 1. The minimum Gasteiger partial charge on any atom is -0.368 e. The average Bonchev–Trinajstić information content (AvgIpc) is 2.95. The van der Waals surface area contributed by atoms with E-state index in [0.717, 1.165) is 22.3 Å². The molecular formula is C20H22N4O2. The van der Waals surface area contributed by atoms with Crippen LogP contribution < -0.4 is 0 Å². The van der Waals surface area contributed by atoms with E-state index >= 15 is 0 Å². The highest BCUT2D eigenvalue weighted by Crippen LogP contribution is 2.25. The number of H-pyrrole nitrogens is 1. The Balaban J connectivity index is 1.58. The Morgan fingerprint density at radius 2 is 2.12 bits per heavy atom. The quantitative estimate of drug-likeness (QED) is 0.771. The number of rotatable bonds is 2. The summed E-state index contributed by atoms with van der Waals surface area (Å²) in [5.74, 6) is 0.738. The number of fused-ring (bicyclic) bond motifs is 1. The number of carbonyl (C=O) groups is 1. The highest BCUT2D eigenvalue weighted by atomic mass is 16.5. The second kappa shape index (κ2) is 6.53. The van der Waals surface area contributed by atoms with Gasteiger partial charge in [0.2, 0.25) is 0 Å². The number of morpholine rings is 1. The lowest BCUT2D eigenvalue weighted by Crippen LogP contribution is -2.42. The maximum atomic E-state index is 13.0. The number of hydrogen-bond donors (Lipinski definition) is 1. The van der Waals surface area contributed by atoms with Crippen molar-refractivity contribution < 1.29 is 9.53 Å². The summed E-state index contributed by atoms with van der Waals surface area (Å²) in [6, 6.07) is 7.70. The van der Waals surface area contributed by atoms with E-state index in [2.05, 4.69) is 21.9 Å². The van der Waals surface area contributed by atoms with E-state index < -0.39 is 0 Å². The molecule has 134 valence electrons. The van der Waals surface area contributed by atoms with Crippen LogP contribution in [0, 0.1) is 20.8 Å². The van der Waals surface area contributed by atoms with Crippen molar-refractivity contribution in [1.82, 2.24) is 19.9 Å². The number of carbonyl (C=O) groups excluding carboxylic acids is 1. The molecule has 3 heterocycles. The Morgan fingerprint density at radius 3 is 2.92 bits per heavy atom. The summed E-state index contributed by atoms with van der Waals surface area (Å²) >= 11 is 0. The topological polar surface area (TPSA) is 71.1 Å². The number of amides is 1. The lowest BCUT2D eigenvalue weighted by Gasteiger charge is -2.32. The molecular weight excluding hydrogens is 328 g/mol. The molecule has 6 heteroatoms. The van der Waals surface area contributed by atoms with Gasteiger partial charge in [0.15, 0.2) is 0 Å². The Bertz CT molecular complexity index is 979. The van der Waals surface area contributed by atoms with E-state index in [1.54, 1.807) is 6.20 Å². The van der Waals surface area contributed by atoms with E-state index in [0.29, 0.717) is 31.1 Å². The number of aromatic nitrogens is 3. The molecule has 4 rings (SSSR count). The van der Waals surface area contributed by atoms with Crippen LogP contribution in [0.2, 0.25) is 0 Å². The molecule has 0 spiro atoms. The highest BCUT2D eigenvalue weighted by molar-refractivity contribution is 5.99. The minimum absolute atomic E-state index is 0.0317. The average molecular weight is 350 g/mol. The van der Waals surface area contributed by atoms with Crippen molar-refractivity contribution in [2.75, 3.05) is 19.7 Å². The smallest absolute Gasteiger partial charge is 0.254 e. The summed E-state index contributed by atoms with van der Waals surface area (Å²) in [5.41, 5.74) is 4.91. The third-order valence-corrected chi connectivity index (χ3v) is 5.04. The molecule has 1 amide bonds. The van der Waals surface area contributed by atoms with Gasteiger partial charge in [-0.25, -0.2) is 9.97 Å². The minimum atomic E-state index is -0.214. The van der Waals surface area contributed by atoms with Gasteiger partial charge in [0.05, 0.1) is 18.8 Å². The molecule has 1 atom stereocenters. The van der Waals surface area contributed by atoms with Crippen LogP contribution in [0.3, 0.4) is 0 Å². The van der Waals surface area contributed by atoms with Crippen LogP contribution in [0.15, 0.2) is 30.5 Å². The van der Waals surface area contributed by atoms with Crippen LogP contribution in [0.25, 0.3) is 10.9 Å². The maximum absolute atomic E-state index is 13.0. The number of aryl methyl sites for hydroxylation is 3. The number of nitrogens with one attached hydrogen (secondary N) is 1. The first-order valence-electron chi connectivity index (χ1n) is 8.82. The molecule has 2 aromatic heterocycles. The fourth-order valence-corrected chi connectivity index (χ4v) is 3.44. The summed E-state index contributed by atoms with van der Waals surface area (Å²) < 4.78 is 5.84.